The van der Waals surface area contributed by atoms with Crippen LogP contribution < -0.4 is 10.6 Å². The standard InChI is InChI=1S/C25H26N2O4S2/c1-4-30-24(29)21-17-7-5-6-8-20(17)33-23(21)27-25(32)26-22(28)19-12-11-18(31-19)16-10-9-14(2)15(3)13-16/h9-13H,4-8H2,1-3H3,(H2,26,27,28,32). The summed E-state index contributed by atoms with van der Waals surface area (Å²) in [5, 5.41) is 6.40. The van der Waals surface area contributed by atoms with Gasteiger partial charge in [-0.15, -0.1) is 11.3 Å². The van der Waals surface area contributed by atoms with Crippen molar-refractivity contribution in [3.05, 3.63) is 63.2 Å². The molecule has 1 aliphatic carbocycles. The van der Waals surface area contributed by atoms with Crippen LogP contribution in [0.25, 0.3) is 11.3 Å². The van der Waals surface area contributed by atoms with Crippen LogP contribution in [0, 0.1) is 13.8 Å². The predicted octanol–water partition coefficient (Wildman–Crippen LogP) is 5.81. The predicted molar refractivity (Wildman–Crippen MR) is 134 cm³/mol. The Morgan fingerprint density at radius 2 is 1.91 bits per heavy atom. The van der Waals surface area contributed by atoms with Crippen molar-refractivity contribution < 1.29 is 18.7 Å². The van der Waals surface area contributed by atoms with Crippen LogP contribution in [0.1, 0.15) is 62.2 Å². The molecule has 4 rings (SSSR count). The van der Waals surface area contributed by atoms with Gasteiger partial charge in [0.1, 0.15) is 10.8 Å². The molecule has 0 atom stereocenters. The third-order valence-electron chi connectivity index (χ3n) is 5.73. The van der Waals surface area contributed by atoms with Crippen molar-refractivity contribution in [2.75, 3.05) is 11.9 Å². The molecule has 1 amide bonds. The van der Waals surface area contributed by atoms with Crippen LogP contribution in [0.4, 0.5) is 5.00 Å². The maximum absolute atomic E-state index is 12.7. The minimum atomic E-state index is -0.457. The highest BCUT2D eigenvalue weighted by molar-refractivity contribution is 7.80. The Kier molecular flexibility index (Phi) is 6.95. The van der Waals surface area contributed by atoms with E-state index in [-0.39, 0.29) is 16.8 Å². The van der Waals surface area contributed by atoms with Gasteiger partial charge in [-0.05, 0) is 93.6 Å². The van der Waals surface area contributed by atoms with Crippen LogP contribution >= 0.6 is 23.6 Å². The number of thiocarbonyl (C=S) groups is 1. The van der Waals surface area contributed by atoms with Gasteiger partial charge in [0.2, 0.25) is 0 Å². The van der Waals surface area contributed by atoms with E-state index >= 15 is 0 Å². The number of fused-ring (bicyclic) bond motifs is 1. The number of amides is 1. The summed E-state index contributed by atoms with van der Waals surface area (Å²) in [4.78, 5) is 26.5. The van der Waals surface area contributed by atoms with Crippen molar-refractivity contribution in [2.45, 2.75) is 46.5 Å². The Hall–Kier alpha value is -2.97. The number of hydrogen-bond donors (Lipinski definition) is 2. The molecule has 2 N–H and O–H groups in total. The molecule has 1 aromatic carbocycles. The van der Waals surface area contributed by atoms with Crippen molar-refractivity contribution in [1.82, 2.24) is 5.32 Å². The Balaban J connectivity index is 1.48. The monoisotopic (exact) mass is 482 g/mol. The highest BCUT2D eigenvalue weighted by Gasteiger charge is 2.27. The minimum Gasteiger partial charge on any atom is -0.462 e. The second kappa shape index (κ2) is 9.89. The summed E-state index contributed by atoms with van der Waals surface area (Å²) in [6, 6.07) is 9.40. The number of benzene rings is 1. The summed E-state index contributed by atoms with van der Waals surface area (Å²) in [5.41, 5.74) is 4.81. The lowest BCUT2D eigenvalue weighted by molar-refractivity contribution is 0.0526. The van der Waals surface area contributed by atoms with Gasteiger partial charge in [0.15, 0.2) is 10.9 Å². The average molecular weight is 483 g/mol. The van der Waals surface area contributed by atoms with Crippen LogP contribution in [-0.4, -0.2) is 23.6 Å². The van der Waals surface area contributed by atoms with Gasteiger partial charge in [0.25, 0.3) is 5.91 Å². The average Bonchev–Trinajstić information content (AvgIpc) is 3.40. The van der Waals surface area contributed by atoms with Gasteiger partial charge >= 0.3 is 5.97 Å². The lowest BCUT2D eigenvalue weighted by Gasteiger charge is -2.12. The first-order valence-electron chi connectivity index (χ1n) is 11.0. The molecule has 33 heavy (non-hydrogen) atoms. The molecule has 0 unspecified atom stereocenters. The molecular weight excluding hydrogens is 456 g/mol. The number of furan rings is 1. The number of anilines is 1. The number of hydrogen-bond acceptors (Lipinski definition) is 6. The number of nitrogens with one attached hydrogen (secondary N) is 2. The SMILES string of the molecule is CCOC(=O)c1c(NC(=S)NC(=O)c2ccc(-c3ccc(C)c(C)c3)o2)sc2c1CCCC2. The highest BCUT2D eigenvalue weighted by atomic mass is 32.1. The molecule has 172 valence electrons. The first kappa shape index (κ1) is 23.2. The number of carbonyl (C=O) groups is 2. The van der Waals surface area contributed by atoms with E-state index in [1.807, 2.05) is 32.0 Å². The van der Waals surface area contributed by atoms with E-state index in [1.165, 1.54) is 21.8 Å². The van der Waals surface area contributed by atoms with E-state index in [2.05, 4.69) is 10.6 Å². The second-order valence-electron chi connectivity index (χ2n) is 8.01. The molecule has 2 heterocycles. The van der Waals surface area contributed by atoms with Crippen LogP contribution in [0.3, 0.4) is 0 Å². The van der Waals surface area contributed by atoms with Crippen LogP contribution in [0.5, 0.6) is 0 Å². The molecule has 3 aromatic rings. The molecule has 0 aliphatic heterocycles. The molecule has 0 saturated heterocycles. The van der Waals surface area contributed by atoms with Gasteiger partial charge in [-0.3, -0.25) is 10.1 Å². The first-order chi connectivity index (χ1) is 15.9. The topological polar surface area (TPSA) is 80.6 Å². The van der Waals surface area contributed by atoms with Crippen LogP contribution in [-0.2, 0) is 17.6 Å². The van der Waals surface area contributed by atoms with Crippen LogP contribution in [0.15, 0.2) is 34.7 Å². The lowest BCUT2D eigenvalue weighted by Crippen LogP contribution is -2.34. The van der Waals surface area contributed by atoms with Crippen molar-refractivity contribution in [2.24, 2.45) is 0 Å². The smallest absolute Gasteiger partial charge is 0.341 e. The third kappa shape index (κ3) is 5.02. The normalized spacial score (nSPS) is 12.7. The largest absolute Gasteiger partial charge is 0.462 e. The maximum atomic E-state index is 12.7. The molecule has 1 aliphatic rings. The fourth-order valence-electron chi connectivity index (χ4n) is 3.88. The Labute approximate surface area is 202 Å². The quantitative estimate of drug-likeness (QED) is 0.353. The number of ether oxygens (including phenoxy) is 1. The highest BCUT2D eigenvalue weighted by Crippen LogP contribution is 2.38. The van der Waals surface area contributed by atoms with Gasteiger partial charge in [0.05, 0.1) is 12.2 Å². The third-order valence-corrected chi connectivity index (χ3v) is 7.14. The summed E-state index contributed by atoms with van der Waals surface area (Å²) in [6.07, 6.45) is 3.91. The summed E-state index contributed by atoms with van der Waals surface area (Å²) in [6.45, 7) is 6.16. The van der Waals surface area contributed by atoms with Crippen molar-refractivity contribution in [1.29, 1.82) is 0 Å². The fourth-order valence-corrected chi connectivity index (χ4v) is 5.42. The molecule has 0 fully saturated rings. The van der Waals surface area contributed by atoms with Crippen molar-refractivity contribution in [3.63, 3.8) is 0 Å². The number of carbonyl (C=O) groups excluding carboxylic acids is 2. The summed E-state index contributed by atoms with van der Waals surface area (Å²) >= 11 is 6.86. The van der Waals surface area contributed by atoms with E-state index < -0.39 is 5.91 Å². The van der Waals surface area contributed by atoms with Gasteiger partial charge in [-0.1, -0.05) is 12.1 Å². The number of aryl methyl sites for hydroxylation is 3. The summed E-state index contributed by atoms with van der Waals surface area (Å²) in [7, 11) is 0. The molecule has 6 nitrogen and oxygen atoms in total. The van der Waals surface area contributed by atoms with E-state index in [9.17, 15) is 9.59 Å². The van der Waals surface area contributed by atoms with Gasteiger partial charge in [0, 0.05) is 10.4 Å². The number of esters is 1. The number of rotatable bonds is 5. The molecular formula is C25H26N2O4S2. The summed E-state index contributed by atoms with van der Waals surface area (Å²) < 4.78 is 11.0. The molecule has 0 saturated carbocycles. The number of thiophene rings is 1. The maximum Gasteiger partial charge on any atom is 0.341 e. The molecule has 0 bridgehead atoms. The zero-order chi connectivity index (χ0) is 23.5. The first-order valence-corrected chi connectivity index (χ1v) is 12.2. The van der Waals surface area contributed by atoms with E-state index in [0.717, 1.165) is 42.4 Å². The van der Waals surface area contributed by atoms with Crippen LogP contribution in [0.2, 0.25) is 0 Å². The Bertz CT molecular complexity index is 1230. The Morgan fingerprint density at radius 3 is 2.67 bits per heavy atom. The van der Waals surface area contributed by atoms with E-state index in [1.54, 1.807) is 19.1 Å². The van der Waals surface area contributed by atoms with Crippen molar-refractivity contribution in [3.8, 4) is 11.3 Å². The minimum absolute atomic E-state index is 0.105. The fraction of sp³-hybridized carbons (Fsp3) is 0.320. The zero-order valence-corrected chi connectivity index (χ0v) is 20.5. The molecule has 0 radical (unpaired) electrons. The van der Waals surface area contributed by atoms with Gasteiger partial charge < -0.3 is 14.5 Å². The molecule has 8 heteroatoms. The van der Waals surface area contributed by atoms with Crippen molar-refractivity contribution >= 4 is 45.5 Å². The molecule has 0 spiro atoms. The molecule has 2 aromatic heterocycles. The second-order valence-corrected chi connectivity index (χ2v) is 9.52. The zero-order valence-electron chi connectivity index (χ0n) is 18.9. The van der Waals surface area contributed by atoms with Gasteiger partial charge in [-0.25, -0.2) is 4.79 Å². The lowest BCUT2D eigenvalue weighted by atomic mass is 9.95. The van der Waals surface area contributed by atoms with E-state index in [0.29, 0.717) is 22.9 Å². The van der Waals surface area contributed by atoms with Gasteiger partial charge in [-0.2, -0.15) is 0 Å². The summed E-state index contributed by atoms with van der Waals surface area (Å²) in [5.74, 6) is -0.0553. The Morgan fingerprint density at radius 1 is 1.12 bits per heavy atom. The van der Waals surface area contributed by atoms with E-state index in [4.69, 9.17) is 21.4 Å².